The van der Waals surface area contributed by atoms with Crippen LogP contribution in [0.3, 0.4) is 0 Å². The Morgan fingerprint density at radius 1 is 1.14 bits per heavy atom. The van der Waals surface area contributed by atoms with Crippen molar-refractivity contribution in [3.05, 3.63) is 78.5 Å². The molecule has 2 aromatic heterocycles. The van der Waals surface area contributed by atoms with E-state index in [4.69, 9.17) is 4.42 Å². The Kier molecular flexibility index (Phi) is 5.43. The number of carbonyl (C=O) groups is 2. The summed E-state index contributed by atoms with van der Waals surface area (Å²) in [7, 11) is 0. The third kappa shape index (κ3) is 4.09. The number of amides is 2. The predicted molar refractivity (Wildman–Crippen MR) is 107 cm³/mol. The molecule has 3 aromatic rings. The second-order valence-corrected chi connectivity index (χ2v) is 7.44. The van der Waals surface area contributed by atoms with Crippen molar-refractivity contribution in [2.75, 3.05) is 17.2 Å². The highest BCUT2D eigenvalue weighted by atomic mass is 32.2. The molecule has 7 heteroatoms. The lowest BCUT2D eigenvalue weighted by Crippen LogP contribution is -2.44. The average molecular weight is 393 g/mol. The minimum Gasteiger partial charge on any atom is -0.467 e. The van der Waals surface area contributed by atoms with E-state index in [1.807, 2.05) is 42.5 Å². The number of hydrogen-bond donors (Lipinski definition) is 0. The van der Waals surface area contributed by atoms with E-state index in [9.17, 15) is 9.59 Å². The topological polar surface area (TPSA) is 66.7 Å². The lowest BCUT2D eigenvalue weighted by atomic mass is 10.2. The average Bonchev–Trinajstić information content (AvgIpc) is 3.23. The molecule has 142 valence electrons. The van der Waals surface area contributed by atoms with Crippen LogP contribution in [0.4, 0.5) is 5.69 Å². The Balaban J connectivity index is 1.56. The minimum atomic E-state index is -0.143. The molecule has 4 rings (SSSR count). The van der Waals surface area contributed by atoms with Crippen LogP contribution in [0.1, 0.15) is 11.3 Å². The number of rotatable bonds is 6. The maximum absolute atomic E-state index is 13.2. The summed E-state index contributed by atoms with van der Waals surface area (Å²) in [6, 6.07) is 15.1. The van der Waals surface area contributed by atoms with E-state index in [0.717, 1.165) is 16.1 Å². The predicted octanol–water partition coefficient (Wildman–Crippen LogP) is 3.34. The maximum Gasteiger partial charge on any atom is 0.243 e. The Bertz CT molecular complexity index is 960. The zero-order chi connectivity index (χ0) is 19.3. The molecule has 0 fully saturated rings. The number of benzene rings is 1. The normalized spacial score (nSPS) is 13.3. The van der Waals surface area contributed by atoms with Crippen LogP contribution >= 0.6 is 11.8 Å². The van der Waals surface area contributed by atoms with Gasteiger partial charge in [-0.1, -0.05) is 18.2 Å². The van der Waals surface area contributed by atoms with Gasteiger partial charge in [0.15, 0.2) is 0 Å². The summed E-state index contributed by atoms with van der Waals surface area (Å²) in [5.74, 6) is 0.829. The number of nitrogens with zero attached hydrogens (tertiary/aromatic N) is 3. The number of furan rings is 1. The molecule has 0 saturated carbocycles. The molecule has 3 heterocycles. The molecule has 0 unspecified atom stereocenters. The van der Waals surface area contributed by atoms with Crippen molar-refractivity contribution in [2.45, 2.75) is 18.0 Å². The van der Waals surface area contributed by atoms with Crippen LogP contribution in [0.25, 0.3) is 0 Å². The Labute approximate surface area is 167 Å². The molecule has 0 bridgehead atoms. The van der Waals surface area contributed by atoms with Crippen molar-refractivity contribution in [2.24, 2.45) is 0 Å². The van der Waals surface area contributed by atoms with E-state index in [-0.39, 0.29) is 18.4 Å². The molecule has 0 spiro atoms. The van der Waals surface area contributed by atoms with E-state index >= 15 is 0 Å². The summed E-state index contributed by atoms with van der Waals surface area (Å²) >= 11 is 1.50. The molecule has 2 amide bonds. The quantitative estimate of drug-likeness (QED) is 0.643. The zero-order valence-corrected chi connectivity index (χ0v) is 16.0. The highest BCUT2D eigenvalue weighted by Crippen LogP contribution is 2.34. The first-order chi connectivity index (χ1) is 13.7. The summed E-state index contributed by atoms with van der Waals surface area (Å²) in [4.78, 5) is 34.1. The SMILES string of the molecule is O=C(CN1C(=O)CSc2ccccc21)N(Cc1cccnc1)Cc1ccco1. The first-order valence-corrected chi connectivity index (χ1v) is 9.90. The number of carbonyl (C=O) groups excluding carboxylic acids is 2. The molecule has 1 aliphatic heterocycles. The molecule has 0 saturated heterocycles. The number of anilines is 1. The monoisotopic (exact) mass is 393 g/mol. The second-order valence-electron chi connectivity index (χ2n) is 6.43. The smallest absolute Gasteiger partial charge is 0.243 e. The van der Waals surface area contributed by atoms with Crippen LogP contribution in [0.5, 0.6) is 0 Å². The standard InChI is InChI=1S/C21H19N3O3S/c25-20(14-24-18-7-1-2-8-19(18)28-15-21(24)26)23(13-17-6-4-10-27-17)12-16-5-3-9-22-11-16/h1-11H,12-15H2. The highest BCUT2D eigenvalue weighted by Gasteiger charge is 2.28. The van der Waals surface area contributed by atoms with Crippen LogP contribution in [0, 0.1) is 0 Å². The number of pyridine rings is 1. The molecular formula is C21H19N3O3S. The molecule has 0 N–H and O–H groups in total. The van der Waals surface area contributed by atoms with Gasteiger partial charge in [-0.2, -0.15) is 0 Å². The molecule has 0 radical (unpaired) electrons. The number of hydrogen-bond acceptors (Lipinski definition) is 5. The second kappa shape index (κ2) is 8.31. The molecule has 1 aliphatic rings. The fraction of sp³-hybridized carbons (Fsp3) is 0.190. The summed E-state index contributed by atoms with van der Waals surface area (Å²) < 4.78 is 5.43. The van der Waals surface area contributed by atoms with Gasteiger partial charge in [0.2, 0.25) is 11.8 Å². The van der Waals surface area contributed by atoms with Crippen LogP contribution in [-0.2, 0) is 22.7 Å². The van der Waals surface area contributed by atoms with Gasteiger partial charge in [0.1, 0.15) is 12.3 Å². The molecule has 0 atom stereocenters. The van der Waals surface area contributed by atoms with Crippen molar-refractivity contribution in [3.8, 4) is 0 Å². The third-order valence-electron chi connectivity index (χ3n) is 4.48. The Hall–Kier alpha value is -3.06. The molecule has 1 aromatic carbocycles. The lowest BCUT2D eigenvalue weighted by Gasteiger charge is -2.31. The van der Waals surface area contributed by atoms with Crippen molar-refractivity contribution < 1.29 is 14.0 Å². The number of fused-ring (bicyclic) bond motifs is 1. The summed E-state index contributed by atoms with van der Waals surface area (Å²) in [5.41, 5.74) is 1.71. The van der Waals surface area contributed by atoms with Gasteiger partial charge < -0.3 is 14.2 Å². The van der Waals surface area contributed by atoms with E-state index < -0.39 is 0 Å². The highest BCUT2D eigenvalue weighted by molar-refractivity contribution is 8.00. The van der Waals surface area contributed by atoms with Gasteiger partial charge in [0.25, 0.3) is 0 Å². The fourth-order valence-electron chi connectivity index (χ4n) is 3.10. The number of thioether (sulfide) groups is 1. The van der Waals surface area contributed by atoms with Gasteiger partial charge in [-0.25, -0.2) is 0 Å². The van der Waals surface area contributed by atoms with Crippen molar-refractivity contribution in [1.82, 2.24) is 9.88 Å². The number of para-hydroxylation sites is 1. The Morgan fingerprint density at radius 2 is 2.04 bits per heavy atom. The van der Waals surface area contributed by atoms with Crippen LogP contribution < -0.4 is 4.90 Å². The van der Waals surface area contributed by atoms with Crippen molar-refractivity contribution in [3.63, 3.8) is 0 Å². The fourth-order valence-corrected chi connectivity index (χ4v) is 4.03. The summed E-state index contributed by atoms with van der Waals surface area (Å²) in [6.45, 7) is 0.725. The zero-order valence-electron chi connectivity index (χ0n) is 15.2. The molecular weight excluding hydrogens is 374 g/mol. The summed E-state index contributed by atoms with van der Waals surface area (Å²) in [5, 5.41) is 0. The lowest BCUT2D eigenvalue weighted by molar-refractivity contribution is -0.132. The van der Waals surface area contributed by atoms with E-state index in [2.05, 4.69) is 4.98 Å². The van der Waals surface area contributed by atoms with Gasteiger partial charge in [-0.15, -0.1) is 11.8 Å². The van der Waals surface area contributed by atoms with Crippen LogP contribution in [0.15, 0.2) is 76.5 Å². The van der Waals surface area contributed by atoms with Crippen LogP contribution in [-0.4, -0.2) is 34.0 Å². The van der Waals surface area contributed by atoms with Crippen LogP contribution in [0.2, 0.25) is 0 Å². The first-order valence-electron chi connectivity index (χ1n) is 8.92. The van der Waals surface area contributed by atoms with Gasteiger partial charge >= 0.3 is 0 Å². The van der Waals surface area contributed by atoms with Gasteiger partial charge in [-0.3, -0.25) is 14.6 Å². The minimum absolute atomic E-state index is 0.00260. The van der Waals surface area contributed by atoms with Gasteiger partial charge in [-0.05, 0) is 35.9 Å². The maximum atomic E-state index is 13.2. The van der Waals surface area contributed by atoms with E-state index in [1.54, 1.807) is 34.5 Å². The van der Waals surface area contributed by atoms with Gasteiger partial charge in [0, 0.05) is 23.8 Å². The van der Waals surface area contributed by atoms with E-state index in [1.165, 1.54) is 11.8 Å². The molecule has 6 nitrogen and oxygen atoms in total. The Morgan fingerprint density at radius 3 is 2.82 bits per heavy atom. The largest absolute Gasteiger partial charge is 0.467 e. The molecule has 0 aliphatic carbocycles. The van der Waals surface area contributed by atoms with E-state index in [0.29, 0.717) is 24.6 Å². The van der Waals surface area contributed by atoms with Crippen molar-refractivity contribution in [1.29, 1.82) is 0 Å². The van der Waals surface area contributed by atoms with Crippen molar-refractivity contribution >= 4 is 29.3 Å². The summed E-state index contributed by atoms with van der Waals surface area (Å²) in [6.07, 6.45) is 5.02. The first kappa shape index (κ1) is 18.3. The third-order valence-corrected chi connectivity index (χ3v) is 5.52. The number of aromatic nitrogens is 1. The van der Waals surface area contributed by atoms with Gasteiger partial charge in [0.05, 0.1) is 24.2 Å². The molecule has 28 heavy (non-hydrogen) atoms.